The molecular weight excluding hydrogens is 290 g/mol. The molecule has 0 spiro atoms. The van der Waals surface area contributed by atoms with E-state index in [1.165, 1.54) is 18.2 Å². The number of nitrogen functional groups attached to an aromatic ring is 1. The molecule has 0 aromatic heterocycles. The Kier molecular flexibility index (Phi) is 5.06. The van der Waals surface area contributed by atoms with Crippen LogP contribution < -0.4 is 11.1 Å². The van der Waals surface area contributed by atoms with Crippen LogP contribution in [0.2, 0.25) is 0 Å². The summed E-state index contributed by atoms with van der Waals surface area (Å²) in [7, 11) is 0. The summed E-state index contributed by atoms with van der Waals surface area (Å²) in [5, 5.41) is 14.4. The Bertz CT molecular complexity index is 550. The number of thioether (sulfide) groups is 1. The highest BCUT2D eigenvalue weighted by molar-refractivity contribution is 7.99. The van der Waals surface area contributed by atoms with Gasteiger partial charge in [-0.3, -0.25) is 14.9 Å². The van der Waals surface area contributed by atoms with Crippen LogP contribution in [0.3, 0.4) is 0 Å². The minimum absolute atomic E-state index is 0.0665. The molecule has 1 aromatic rings. The van der Waals surface area contributed by atoms with E-state index in [1.54, 1.807) is 0 Å². The van der Waals surface area contributed by atoms with Gasteiger partial charge in [-0.2, -0.15) is 11.8 Å². The van der Waals surface area contributed by atoms with Gasteiger partial charge < -0.3 is 11.1 Å². The third kappa shape index (κ3) is 3.87. The topological polar surface area (TPSA) is 98.3 Å². The molecule has 2 atom stereocenters. The lowest BCUT2D eigenvalue weighted by Crippen LogP contribution is -2.33. The first-order valence-corrected chi connectivity index (χ1v) is 8.02. The second-order valence-electron chi connectivity index (χ2n) is 5.09. The van der Waals surface area contributed by atoms with E-state index in [0.717, 1.165) is 25.0 Å². The van der Waals surface area contributed by atoms with Gasteiger partial charge in [-0.15, -0.1) is 0 Å². The summed E-state index contributed by atoms with van der Waals surface area (Å²) in [4.78, 5) is 22.4. The molecule has 1 saturated carbocycles. The zero-order valence-corrected chi connectivity index (χ0v) is 12.7. The summed E-state index contributed by atoms with van der Waals surface area (Å²) in [6, 6.07) is 4.30. The minimum atomic E-state index is -0.574. The van der Waals surface area contributed by atoms with Gasteiger partial charge in [0.1, 0.15) is 5.69 Å². The van der Waals surface area contributed by atoms with Crippen molar-refractivity contribution in [2.24, 2.45) is 0 Å². The van der Waals surface area contributed by atoms with Gasteiger partial charge in [0.05, 0.1) is 4.92 Å². The number of anilines is 1. The number of hydrogen-bond acceptors (Lipinski definition) is 5. The Hall–Kier alpha value is -1.76. The van der Waals surface area contributed by atoms with E-state index in [1.807, 2.05) is 11.8 Å². The molecule has 0 heterocycles. The Labute approximate surface area is 127 Å². The third-order valence-corrected chi connectivity index (χ3v) is 4.84. The quantitative estimate of drug-likeness (QED) is 0.495. The zero-order chi connectivity index (χ0) is 15.4. The fourth-order valence-corrected chi connectivity index (χ4v) is 3.71. The van der Waals surface area contributed by atoms with Crippen LogP contribution in [-0.2, 0) is 0 Å². The van der Waals surface area contributed by atoms with E-state index in [2.05, 4.69) is 12.2 Å². The number of amides is 1. The molecule has 2 rings (SSSR count). The molecule has 2 unspecified atom stereocenters. The molecule has 7 heteroatoms. The van der Waals surface area contributed by atoms with Gasteiger partial charge in [-0.1, -0.05) is 6.92 Å². The number of nitrogens with zero attached hydrogens (tertiary/aromatic N) is 1. The number of carbonyl (C=O) groups is 1. The first kappa shape index (κ1) is 15.6. The molecule has 3 N–H and O–H groups in total. The van der Waals surface area contributed by atoms with Crippen molar-refractivity contribution in [1.29, 1.82) is 0 Å². The maximum Gasteiger partial charge on any atom is 0.292 e. The van der Waals surface area contributed by atoms with Crippen LogP contribution in [0, 0.1) is 10.1 Å². The molecule has 1 aliphatic carbocycles. The maximum atomic E-state index is 12.2. The van der Waals surface area contributed by atoms with Gasteiger partial charge in [-0.25, -0.2) is 0 Å². The predicted molar refractivity (Wildman–Crippen MR) is 84.5 cm³/mol. The maximum absolute atomic E-state index is 12.2. The number of rotatable bonds is 5. The van der Waals surface area contributed by atoms with E-state index in [4.69, 9.17) is 5.73 Å². The minimum Gasteiger partial charge on any atom is -0.393 e. The van der Waals surface area contributed by atoms with Gasteiger partial charge in [-0.05, 0) is 37.1 Å². The first-order chi connectivity index (χ1) is 10.0. The number of nitrogens with one attached hydrogen (secondary N) is 1. The average molecular weight is 309 g/mol. The summed E-state index contributed by atoms with van der Waals surface area (Å²) in [5.41, 5.74) is 5.65. The SMILES string of the molecule is CCSC1CCC(NC(=O)c2ccc(N)c([N+](=O)[O-])c2)C1. The van der Waals surface area contributed by atoms with Crippen molar-refractivity contribution in [3.63, 3.8) is 0 Å². The molecule has 0 aliphatic heterocycles. The van der Waals surface area contributed by atoms with E-state index >= 15 is 0 Å². The summed E-state index contributed by atoms with van der Waals surface area (Å²) in [6.07, 6.45) is 3.02. The largest absolute Gasteiger partial charge is 0.393 e. The second-order valence-corrected chi connectivity index (χ2v) is 6.67. The van der Waals surface area contributed by atoms with Crippen LogP contribution in [-0.4, -0.2) is 27.9 Å². The van der Waals surface area contributed by atoms with Crippen molar-refractivity contribution in [3.05, 3.63) is 33.9 Å². The van der Waals surface area contributed by atoms with Crippen molar-refractivity contribution in [2.75, 3.05) is 11.5 Å². The summed E-state index contributed by atoms with van der Waals surface area (Å²) in [5.74, 6) is 0.806. The van der Waals surface area contributed by atoms with E-state index in [0.29, 0.717) is 5.25 Å². The van der Waals surface area contributed by atoms with Crippen molar-refractivity contribution < 1.29 is 9.72 Å². The van der Waals surface area contributed by atoms with Gasteiger partial charge in [0, 0.05) is 22.9 Å². The average Bonchev–Trinajstić information content (AvgIpc) is 2.86. The standard InChI is InChI=1S/C14H19N3O3S/c1-2-21-11-5-4-10(8-11)16-14(18)9-3-6-12(15)13(7-9)17(19)20/h3,6-7,10-11H,2,4-5,8,15H2,1H3,(H,16,18). The lowest BCUT2D eigenvalue weighted by molar-refractivity contribution is -0.383. The van der Waals surface area contributed by atoms with Crippen LogP contribution in [0.1, 0.15) is 36.5 Å². The predicted octanol–water partition coefficient (Wildman–Crippen LogP) is 2.58. The molecule has 114 valence electrons. The molecule has 6 nitrogen and oxygen atoms in total. The lowest BCUT2D eigenvalue weighted by atomic mass is 10.1. The monoisotopic (exact) mass is 309 g/mol. The molecular formula is C14H19N3O3S. The molecule has 1 aromatic carbocycles. The Morgan fingerprint density at radius 3 is 2.95 bits per heavy atom. The normalized spacial score (nSPS) is 21.2. The molecule has 0 saturated heterocycles. The summed E-state index contributed by atoms with van der Waals surface area (Å²) >= 11 is 1.92. The summed E-state index contributed by atoms with van der Waals surface area (Å²) in [6.45, 7) is 2.13. The molecule has 0 bridgehead atoms. The van der Waals surface area contributed by atoms with Crippen LogP contribution >= 0.6 is 11.8 Å². The molecule has 1 aliphatic rings. The summed E-state index contributed by atoms with van der Waals surface area (Å²) < 4.78 is 0. The van der Waals surface area contributed by atoms with Gasteiger partial charge in [0.25, 0.3) is 11.6 Å². The van der Waals surface area contributed by atoms with Crippen molar-refractivity contribution in [2.45, 2.75) is 37.5 Å². The van der Waals surface area contributed by atoms with Crippen LogP contribution in [0.25, 0.3) is 0 Å². The number of nitro groups is 1. The van der Waals surface area contributed by atoms with Crippen molar-refractivity contribution in [3.8, 4) is 0 Å². The highest BCUT2D eigenvalue weighted by atomic mass is 32.2. The second kappa shape index (κ2) is 6.80. The van der Waals surface area contributed by atoms with Crippen molar-refractivity contribution >= 4 is 29.0 Å². The van der Waals surface area contributed by atoms with Crippen LogP contribution in [0.4, 0.5) is 11.4 Å². The smallest absolute Gasteiger partial charge is 0.292 e. The van der Waals surface area contributed by atoms with E-state index in [9.17, 15) is 14.9 Å². The molecule has 1 fully saturated rings. The van der Waals surface area contributed by atoms with E-state index < -0.39 is 4.92 Å². The highest BCUT2D eigenvalue weighted by Crippen LogP contribution is 2.30. The van der Waals surface area contributed by atoms with Gasteiger partial charge in [0.2, 0.25) is 0 Å². The van der Waals surface area contributed by atoms with Crippen molar-refractivity contribution in [1.82, 2.24) is 5.32 Å². The number of carbonyl (C=O) groups excluding carboxylic acids is 1. The number of benzene rings is 1. The number of nitrogens with two attached hydrogens (primary N) is 1. The highest BCUT2D eigenvalue weighted by Gasteiger charge is 2.26. The lowest BCUT2D eigenvalue weighted by Gasteiger charge is -2.13. The van der Waals surface area contributed by atoms with E-state index in [-0.39, 0.29) is 28.9 Å². The number of nitro benzene ring substituents is 1. The zero-order valence-electron chi connectivity index (χ0n) is 11.9. The Balaban J connectivity index is 2.01. The Morgan fingerprint density at radius 1 is 1.52 bits per heavy atom. The fourth-order valence-electron chi connectivity index (χ4n) is 2.57. The molecule has 21 heavy (non-hydrogen) atoms. The molecule has 1 amide bonds. The fraction of sp³-hybridized carbons (Fsp3) is 0.500. The number of hydrogen-bond donors (Lipinski definition) is 2. The van der Waals surface area contributed by atoms with Gasteiger partial charge in [0.15, 0.2) is 0 Å². The third-order valence-electron chi connectivity index (χ3n) is 3.61. The van der Waals surface area contributed by atoms with Gasteiger partial charge >= 0.3 is 0 Å². The first-order valence-electron chi connectivity index (χ1n) is 6.97. The Morgan fingerprint density at radius 2 is 2.29 bits per heavy atom. The van der Waals surface area contributed by atoms with Crippen LogP contribution in [0.5, 0.6) is 0 Å². The molecule has 0 radical (unpaired) electrons. The van der Waals surface area contributed by atoms with Crippen LogP contribution in [0.15, 0.2) is 18.2 Å².